The number of anilines is 1. The lowest BCUT2D eigenvalue weighted by Gasteiger charge is -2.40. The van der Waals surface area contributed by atoms with Gasteiger partial charge >= 0.3 is 6.01 Å². The van der Waals surface area contributed by atoms with Crippen molar-refractivity contribution in [3.8, 4) is 28.9 Å². The van der Waals surface area contributed by atoms with Crippen molar-refractivity contribution in [2.45, 2.75) is 75.3 Å². The largest absolute Gasteiger partial charge is 0.508 e. The fraction of sp³-hybridized carbons (Fsp3) is 0.472. The number of phenolic OH excluding ortho intramolecular Hbond substituents is 1. The van der Waals surface area contributed by atoms with Crippen molar-refractivity contribution in [3.05, 3.63) is 48.0 Å². The summed E-state index contributed by atoms with van der Waals surface area (Å²) in [5.74, 6) is -0.740. The molecule has 0 aliphatic carbocycles. The second-order valence-electron chi connectivity index (χ2n) is 14.0. The molecule has 48 heavy (non-hydrogen) atoms. The summed E-state index contributed by atoms with van der Waals surface area (Å²) in [5, 5.41) is 15.7. The van der Waals surface area contributed by atoms with Gasteiger partial charge in [0.05, 0.1) is 11.6 Å². The Labute approximate surface area is 275 Å². The fourth-order valence-corrected chi connectivity index (χ4v) is 8.94. The normalized spacial score (nSPS) is 27.6. The first-order chi connectivity index (χ1) is 23.2. The third kappa shape index (κ3) is 4.48. The minimum absolute atomic E-state index is 0.00132. The summed E-state index contributed by atoms with van der Waals surface area (Å²) in [6.45, 7) is 8.28. The Bertz CT molecular complexity index is 2010. The quantitative estimate of drug-likeness (QED) is 0.262. The SMILES string of the molecule is C=C(CC)c1c(F)ccc2cc(O)cc(-c3nc4c5c(nc(OC[C@@]67CCCN6C[C@@H](F)C7)nc5c3F)N3CC5CC[C@H](N5)[C@@H]3CO4)c12. The van der Waals surface area contributed by atoms with E-state index in [0.29, 0.717) is 53.5 Å². The van der Waals surface area contributed by atoms with Crippen molar-refractivity contribution in [1.82, 2.24) is 25.2 Å². The predicted octanol–water partition coefficient (Wildman–Crippen LogP) is 5.91. The Morgan fingerprint density at radius 3 is 2.90 bits per heavy atom. The highest BCUT2D eigenvalue weighted by Crippen LogP contribution is 2.46. The van der Waals surface area contributed by atoms with E-state index >= 15 is 8.78 Å². The number of nitrogens with one attached hydrogen (secondary N) is 1. The van der Waals surface area contributed by atoms with Crippen LogP contribution < -0.4 is 19.7 Å². The summed E-state index contributed by atoms with van der Waals surface area (Å²) >= 11 is 0. The van der Waals surface area contributed by atoms with Gasteiger partial charge in [0, 0.05) is 48.1 Å². The zero-order valence-corrected chi connectivity index (χ0v) is 26.7. The number of hydrogen-bond acceptors (Lipinski definition) is 9. The highest BCUT2D eigenvalue weighted by Gasteiger charge is 2.50. The average Bonchev–Trinajstić information content (AvgIpc) is 3.71. The number of benzene rings is 2. The number of alkyl halides is 1. The van der Waals surface area contributed by atoms with Crippen LogP contribution in [0.25, 0.3) is 38.5 Å². The average molecular weight is 659 g/mol. The number of allylic oxidation sites excluding steroid dienone is 1. The lowest BCUT2D eigenvalue weighted by Crippen LogP contribution is -2.60. The third-order valence-corrected chi connectivity index (χ3v) is 11.3. The number of phenols is 1. The molecule has 9 rings (SSSR count). The minimum Gasteiger partial charge on any atom is -0.508 e. The standard InChI is InChI=1S/C36H37F3N6O3/c1-3-18(2)27-24(38)7-5-19-11-22(46)12-23(28(19)27)31-30(39)32-29-33(45-15-21-6-8-25(40-21)26(45)16-47-34(29)41-31)43-35(42-32)48-17-36-9-4-10-44(36)14-20(37)13-36/h5,7,11-12,20-21,25-26,40,46H,2-4,6,8-10,13-17H2,1H3/t20-,21?,25-,26-,36-/m0/s1. The van der Waals surface area contributed by atoms with E-state index < -0.39 is 23.3 Å². The van der Waals surface area contributed by atoms with Gasteiger partial charge in [-0.15, -0.1) is 0 Å². The van der Waals surface area contributed by atoms with Crippen LogP contribution in [0.5, 0.6) is 17.6 Å². The van der Waals surface area contributed by atoms with Gasteiger partial charge in [0.25, 0.3) is 0 Å². The predicted molar refractivity (Wildman–Crippen MR) is 176 cm³/mol. The summed E-state index contributed by atoms with van der Waals surface area (Å²) in [6.07, 6.45) is 3.68. The van der Waals surface area contributed by atoms with E-state index in [1.54, 1.807) is 6.07 Å². The fourth-order valence-electron chi connectivity index (χ4n) is 8.94. The Hall–Kier alpha value is -4.16. The van der Waals surface area contributed by atoms with Crippen LogP contribution in [0.4, 0.5) is 19.0 Å². The molecule has 1 unspecified atom stereocenters. The second-order valence-corrected chi connectivity index (χ2v) is 14.0. The molecule has 4 saturated heterocycles. The molecule has 0 amide bonds. The molecular weight excluding hydrogens is 621 g/mol. The monoisotopic (exact) mass is 658 g/mol. The first-order valence-electron chi connectivity index (χ1n) is 17.0. The lowest BCUT2D eigenvalue weighted by molar-refractivity contribution is 0.107. The molecule has 5 atom stereocenters. The Morgan fingerprint density at radius 1 is 1.17 bits per heavy atom. The molecule has 5 aliphatic rings. The number of piperazine rings is 1. The molecule has 5 aliphatic heterocycles. The van der Waals surface area contributed by atoms with Gasteiger partial charge < -0.3 is 24.8 Å². The first-order valence-corrected chi connectivity index (χ1v) is 17.0. The van der Waals surface area contributed by atoms with Crippen molar-refractivity contribution >= 4 is 33.1 Å². The molecule has 2 aromatic carbocycles. The molecule has 4 fully saturated rings. The maximum absolute atomic E-state index is 17.2. The Morgan fingerprint density at radius 2 is 2.04 bits per heavy atom. The minimum atomic E-state index is -0.922. The Kier molecular flexibility index (Phi) is 6.82. The maximum Gasteiger partial charge on any atom is 0.319 e. The van der Waals surface area contributed by atoms with Crippen LogP contribution in [-0.4, -0.2) is 87.6 Å². The Balaban J connectivity index is 1.25. The number of ether oxygens (including phenoxy) is 2. The smallest absolute Gasteiger partial charge is 0.319 e. The van der Waals surface area contributed by atoms with Gasteiger partial charge in [0.1, 0.15) is 53.4 Å². The molecule has 2 N–H and O–H groups in total. The third-order valence-electron chi connectivity index (χ3n) is 11.3. The van der Waals surface area contributed by atoms with E-state index in [2.05, 4.69) is 26.7 Å². The van der Waals surface area contributed by atoms with E-state index in [0.717, 1.165) is 32.2 Å². The van der Waals surface area contributed by atoms with Gasteiger partial charge in [-0.3, -0.25) is 4.90 Å². The molecule has 2 bridgehead atoms. The number of hydrogen-bond donors (Lipinski definition) is 2. The summed E-state index contributed by atoms with van der Waals surface area (Å²) in [7, 11) is 0. The van der Waals surface area contributed by atoms with E-state index in [1.165, 1.54) is 18.2 Å². The topological polar surface area (TPSA) is 95.9 Å². The van der Waals surface area contributed by atoms with Crippen LogP contribution in [0.3, 0.4) is 0 Å². The van der Waals surface area contributed by atoms with Crippen molar-refractivity contribution in [3.63, 3.8) is 0 Å². The number of aromatic nitrogens is 3. The first kappa shape index (κ1) is 29.9. The zero-order valence-electron chi connectivity index (χ0n) is 26.7. The number of aromatic hydroxyl groups is 1. The van der Waals surface area contributed by atoms with Gasteiger partial charge in [-0.1, -0.05) is 19.6 Å². The molecule has 4 aromatic rings. The van der Waals surface area contributed by atoms with Crippen LogP contribution in [-0.2, 0) is 0 Å². The van der Waals surface area contributed by atoms with Crippen LogP contribution in [0.1, 0.15) is 51.0 Å². The van der Waals surface area contributed by atoms with E-state index in [4.69, 9.17) is 19.4 Å². The molecule has 250 valence electrons. The van der Waals surface area contributed by atoms with E-state index in [1.807, 2.05) is 6.92 Å². The second kappa shape index (κ2) is 10.9. The summed E-state index contributed by atoms with van der Waals surface area (Å²) in [5.41, 5.74) is 0.346. The summed E-state index contributed by atoms with van der Waals surface area (Å²) < 4.78 is 59.9. The maximum atomic E-state index is 17.2. The molecule has 0 radical (unpaired) electrons. The summed E-state index contributed by atoms with van der Waals surface area (Å²) in [4.78, 5) is 18.6. The van der Waals surface area contributed by atoms with Gasteiger partial charge in [-0.2, -0.15) is 9.97 Å². The van der Waals surface area contributed by atoms with Crippen LogP contribution in [0.2, 0.25) is 0 Å². The summed E-state index contributed by atoms with van der Waals surface area (Å²) in [6, 6.07) is 6.10. The number of fused-ring (bicyclic) bond motifs is 7. The molecule has 12 heteroatoms. The number of nitrogens with zero attached hydrogens (tertiary/aromatic N) is 5. The van der Waals surface area contributed by atoms with Crippen molar-refractivity contribution < 1.29 is 27.8 Å². The molecule has 0 saturated carbocycles. The van der Waals surface area contributed by atoms with Gasteiger partial charge in [0.2, 0.25) is 5.88 Å². The highest BCUT2D eigenvalue weighted by atomic mass is 19.1. The number of pyridine rings is 1. The van der Waals surface area contributed by atoms with E-state index in [-0.39, 0.29) is 71.3 Å². The zero-order chi connectivity index (χ0) is 32.9. The lowest BCUT2D eigenvalue weighted by atomic mass is 9.91. The molecule has 7 heterocycles. The molecular formula is C36H37F3N6O3. The van der Waals surface area contributed by atoms with Crippen LogP contribution >= 0.6 is 0 Å². The highest BCUT2D eigenvalue weighted by molar-refractivity contribution is 6.06. The van der Waals surface area contributed by atoms with Gasteiger partial charge in [-0.05, 0) is 67.8 Å². The van der Waals surface area contributed by atoms with Crippen molar-refractivity contribution in [2.75, 3.05) is 37.7 Å². The van der Waals surface area contributed by atoms with Crippen LogP contribution in [0, 0.1) is 11.6 Å². The van der Waals surface area contributed by atoms with Crippen LogP contribution in [0.15, 0.2) is 30.8 Å². The molecule has 2 aromatic heterocycles. The van der Waals surface area contributed by atoms with Gasteiger partial charge in [0.15, 0.2) is 5.82 Å². The number of rotatable bonds is 6. The van der Waals surface area contributed by atoms with Crippen molar-refractivity contribution in [2.24, 2.45) is 0 Å². The molecule has 9 nitrogen and oxygen atoms in total. The number of halogens is 3. The molecule has 0 spiro atoms. The van der Waals surface area contributed by atoms with E-state index in [9.17, 15) is 9.50 Å². The van der Waals surface area contributed by atoms with Crippen molar-refractivity contribution in [1.29, 1.82) is 0 Å². The van der Waals surface area contributed by atoms with Gasteiger partial charge in [-0.25, -0.2) is 18.2 Å².